The molecule has 0 aromatic heterocycles. The Labute approximate surface area is 115 Å². The van der Waals surface area contributed by atoms with E-state index in [0.717, 1.165) is 32.4 Å². The molecule has 2 saturated heterocycles. The predicted octanol–water partition coefficient (Wildman–Crippen LogP) is 2.34. The van der Waals surface area contributed by atoms with Crippen LogP contribution in [0, 0.1) is 5.92 Å². The molecule has 0 bridgehead atoms. The van der Waals surface area contributed by atoms with Crippen molar-refractivity contribution >= 4 is 17.5 Å². The Hall–Kier alpha value is -0.280. The largest absolute Gasteiger partial charge is 0.342 e. The van der Waals surface area contributed by atoms with Gasteiger partial charge in [0.2, 0.25) is 5.91 Å². The minimum Gasteiger partial charge on any atom is -0.342 e. The number of nitrogens with zero attached hydrogens (tertiary/aromatic N) is 2. The molecule has 104 valence electrons. The lowest BCUT2D eigenvalue weighted by Crippen LogP contribution is -2.53. The Morgan fingerprint density at radius 2 is 2.11 bits per heavy atom. The van der Waals surface area contributed by atoms with E-state index in [4.69, 9.17) is 11.6 Å². The van der Waals surface area contributed by atoms with Gasteiger partial charge < -0.3 is 9.80 Å². The van der Waals surface area contributed by atoms with Crippen molar-refractivity contribution in [1.29, 1.82) is 0 Å². The molecule has 0 radical (unpaired) electrons. The van der Waals surface area contributed by atoms with E-state index in [1.165, 1.54) is 19.4 Å². The van der Waals surface area contributed by atoms with Crippen molar-refractivity contribution in [2.45, 2.75) is 44.6 Å². The summed E-state index contributed by atoms with van der Waals surface area (Å²) in [5, 5.41) is 0. The molecular weight excluding hydrogens is 248 g/mol. The Morgan fingerprint density at radius 1 is 1.28 bits per heavy atom. The fraction of sp³-hybridized carbons (Fsp3) is 0.929. The molecule has 0 aromatic carbocycles. The molecular formula is C14H25ClN2O. The standard InChI is InChI=1S/C14H25ClN2O/c1-16-9-4-5-12-11-17(10-7-13(12)16)14(18)6-2-3-8-15/h12-13H,2-11H2,1H3. The van der Waals surface area contributed by atoms with Crippen molar-refractivity contribution in [1.82, 2.24) is 9.80 Å². The fourth-order valence-corrected chi connectivity index (χ4v) is 3.60. The van der Waals surface area contributed by atoms with Crippen LogP contribution in [0.25, 0.3) is 0 Å². The topological polar surface area (TPSA) is 23.6 Å². The lowest BCUT2D eigenvalue weighted by molar-refractivity contribution is -0.134. The first-order valence-corrected chi connectivity index (χ1v) is 7.80. The number of likely N-dealkylation sites (tertiary alicyclic amines) is 2. The van der Waals surface area contributed by atoms with Gasteiger partial charge in [0.1, 0.15) is 0 Å². The predicted molar refractivity (Wildman–Crippen MR) is 74.9 cm³/mol. The highest BCUT2D eigenvalue weighted by atomic mass is 35.5. The monoisotopic (exact) mass is 272 g/mol. The Bertz CT molecular complexity index is 285. The van der Waals surface area contributed by atoms with Crippen LogP contribution in [-0.4, -0.2) is 54.3 Å². The molecule has 2 rings (SSSR count). The molecule has 2 atom stereocenters. The number of amides is 1. The minimum atomic E-state index is 0.340. The second kappa shape index (κ2) is 6.76. The average Bonchev–Trinajstić information content (AvgIpc) is 2.39. The van der Waals surface area contributed by atoms with Crippen LogP contribution in [0.1, 0.15) is 38.5 Å². The van der Waals surface area contributed by atoms with Gasteiger partial charge in [-0.05, 0) is 51.6 Å². The number of piperidine rings is 2. The van der Waals surface area contributed by atoms with Crippen LogP contribution >= 0.6 is 11.6 Å². The third-order valence-electron chi connectivity index (χ3n) is 4.47. The van der Waals surface area contributed by atoms with Crippen molar-refractivity contribution in [3.8, 4) is 0 Å². The van der Waals surface area contributed by atoms with Gasteiger partial charge in [-0.15, -0.1) is 11.6 Å². The van der Waals surface area contributed by atoms with Gasteiger partial charge in [0.05, 0.1) is 0 Å². The number of hydrogen-bond acceptors (Lipinski definition) is 2. The lowest BCUT2D eigenvalue weighted by atomic mass is 9.84. The summed E-state index contributed by atoms with van der Waals surface area (Å²) in [5.41, 5.74) is 0. The van der Waals surface area contributed by atoms with Gasteiger partial charge in [-0.1, -0.05) is 0 Å². The summed E-state index contributed by atoms with van der Waals surface area (Å²) >= 11 is 5.65. The van der Waals surface area contributed by atoms with Crippen LogP contribution in [0.15, 0.2) is 0 Å². The highest BCUT2D eigenvalue weighted by molar-refractivity contribution is 6.17. The third-order valence-corrected chi connectivity index (χ3v) is 4.74. The highest BCUT2D eigenvalue weighted by Crippen LogP contribution is 2.29. The fourth-order valence-electron chi connectivity index (χ4n) is 3.41. The number of hydrogen-bond donors (Lipinski definition) is 0. The van der Waals surface area contributed by atoms with E-state index < -0.39 is 0 Å². The number of halogens is 1. The summed E-state index contributed by atoms with van der Waals surface area (Å²) in [5.74, 6) is 1.71. The van der Waals surface area contributed by atoms with Crippen LogP contribution in [0.2, 0.25) is 0 Å². The van der Waals surface area contributed by atoms with E-state index in [9.17, 15) is 4.79 Å². The van der Waals surface area contributed by atoms with Crippen LogP contribution in [0.3, 0.4) is 0 Å². The summed E-state index contributed by atoms with van der Waals surface area (Å²) in [6, 6.07) is 0.714. The minimum absolute atomic E-state index is 0.340. The van der Waals surface area contributed by atoms with Gasteiger partial charge >= 0.3 is 0 Å². The zero-order valence-corrected chi connectivity index (χ0v) is 12.2. The smallest absolute Gasteiger partial charge is 0.222 e. The molecule has 1 amide bonds. The molecule has 2 fully saturated rings. The zero-order chi connectivity index (χ0) is 13.0. The zero-order valence-electron chi connectivity index (χ0n) is 11.4. The van der Waals surface area contributed by atoms with E-state index in [2.05, 4.69) is 16.8 Å². The van der Waals surface area contributed by atoms with E-state index >= 15 is 0 Å². The van der Waals surface area contributed by atoms with E-state index in [1.54, 1.807) is 0 Å². The van der Waals surface area contributed by atoms with Crippen molar-refractivity contribution in [3.05, 3.63) is 0 Å². The molecule has 0 aromatic rings. The number of unbranched alkanes of at least 4 members (excludes halogenated alkanes) is 1. The lowest BCUT2D eigenvalue weighted by Gasteiger charge is -2.46. The van der Waals surface area contributed by atoms with Gasteiger partial charge in [0.15, 0.2) is 0 Å². The van der Waals surface area contributed by atoms with Crippen molar-refractivity contribution in [2.24, 2.45) is 5.92 Å². The second-order valence-electron chi connectivity index (χ2n) is 5.72. The van der Waals surface area contributed by atoms with Crippen molar-refractivity contribution in [2.75, 3.05) is 32.6 Å². The van der Waals surface area contributed by atoms with E-state index in [0.29, 0.717) is 30.2 Å². The highest BCUT2D eigenvalue weighted by Gasteiger charge is 2.35. The van der Waals surface area contributed by atoms with Gasteiger partial charge in [0.25, 0.3) is 0 Å². The van der Waals surface area contributed by atoms with Gasteiger partial charge in [-0.2, -0.15) is 0 Å². The van der Waals surface area contributed by atoms with E-state index in [1.807, 2.05) is 0 Å². The van der Waals surface area contributed by atoms with Gasteiger partial charge in [0, 0.05) is 31.4 Å². The number of fused-ring (bicyclic) bond motifs is 1. The summed E-state index contributed by atoms with van der Waals surface area (Å²) in [6.07, 6.45) is 6.30. The van der Waals surface area contributed by atoms with Crippen LogP contribution < -0.4 is 0 Å². The molecule has 0 N–H and O–H groups in total. The first kappa shape index (κ1) is 14.1. The summed E-state index contributed by atoms with van der Waals surface area (Å²) in [4.78, 5) is 16.7. The Morgan fingerprint density at radius 3 is 2.89 bits per heavy atom. The third kappa shape index (κ3) is 3.39. The Balaban J connectivity index is 1.81. The van der Waals surface area contributed by atoms with Crippen molar-refractivity contribution in [3.63, 3.8) is 0 Å². The number of carbonyl (C=O) groups excluding carboxylic acids is 1. The Kier molecular flexibility index (Phi) is 5.31. The first-order valence-electron chi connectivity index (χ1n) is 7.26. The maximum Gasteiger partial charge on any atom is 0.222 e. The molecule has 3 nitrogen and oxygen atoms in total. The van der Waals surface area contributed by atoms with Crippen LogP contribution in [0.5, 0.6) is 0 Å². The van der Waals surface area contributed by atoms with E-state index in [-0.39, 0.29) is 0 Å². The van der Waals surface area contributed by atoms with Gasteiger partial charge in [-0.25, -0.2) is 0 Å². The van der Waals surface area contributed by atoms with Crippen LogP contribution in [-0.2, 0) is 4.79 Å². The number of rotatable bonds is 4. The summed E-state index contributed by atoms with van der Waals surface area (Å²) in [6.45, 7) is 3.16. The average molecular weight is 273 g/mol. The molecule has 0 spiro atoms. The van der Waals surface area contributed by atoms with Crippen LogP contribution in [0.4, 0.5) is 0 Å². The summed E-state index contributed by atoms with van der Waals surface area (Å²) in [7, 11) is 2.23. The second-order valence-corrected chi connectivity index (χ2v) is 6.10. The molecule has 2 unspecified atom stereocenters. The molecule has 2 heterocycles. The maximum absolute atomic E-state index is 12.1. The first-order chi connectivity index (χ1) is 8.72. The molecule has 2 aliphatic rings. The molecule has 0 aliphatic carbocycles. The molecule has 0 saturated carbocycles. The number of carbonyl (C=O) groups is 1. The SMILES string of the molecule is CN1CCCC2CN(C(=O)CCCCCl)CCC21. The van der Waals surface area contributed by atoms with Gasteiger partial charge in [-0.3, -0.25) is 4.79 Å². The number of alkyl halides is 1. The quantitative estimate of drug-likeness (QED) is 0.579. The normalized spacial score (nSPS) is 29.1. The maximum atomic E-state index is 12.1. The van der Waals surface area contributed by atoms with Crippen molar-refractivity contribution < 1.29 is 4.79 Å². The molecule has 4 heteroatoms. The molecule has 18 heavy (non-hydrogen) atoms. The molecule has 2 aliphatic heterocycles. The summed E-state index contributed by atoms with van der Waals surface area (Å²) < 4.78 is 0.